The van der Waals surface area contributed by atoms with Gasteiger partial charge in [-0.15, -0.1) is 0 Å². The Morgan fingerprint density at radius 2 is 1.48 bits per heavy atom. The van der Waals surface area contributed by atoms with Crippen LogP contribution in [0.4, 0.5) is 0 Å². The predicted molar refractivity (Wildman–Crippen MR) is 89.7 cm³/mol. The van der Waals surface area contributed by atoms with Crippen LogP contribution >= 0.6 is 7.92 Å². The zero-order valence-electron chi connectivity index (χ0n) is 12.1. The van der Waals surface area contributed by atoms with Crippen molar-refractivity contribution >= 4 is 24.5 Å². The Morgan fingerprint density at radius 3 is 1.95 bits per heavy atom. The summed E-state index contributed by atoms with van der Waals surface area (Å²) in [5.74, 6) is -0.243. The molecule has 0 radical (unpaired) electrons. The van der Waals surface area contributed by atoms with Crippen LogP contribution in [0, 0.1) is 0 Å². The molecule has 0 aromatic heterocycles. The minimum Gasteiger partial charge on any atom is -0.462 e. The van der Waals surface area contributed by atoms with Crippen LogP contribution in [0.25, 0.3) is 0 Å². The molecule has 0 spiro atoms. The Hall–Kier alpha value is -1.92. The number of ether oxygens (including phenoxy) is 1. The Balaban J connectivity index is 2.09. The van der Waals surface area contributed by atoms with Gasteiger partial charge in [-0.3, -0.25) is 4.79 Å². The van der Waals surface area contributed by atoms with Gasteiger partial charge >= 0.3 is 5.97 Å². The third-order valence-corrected chi connectivity index (χ3v) is 5.39. The molecule has 2 nitrogen and oxygen atoms in total. The molecule has 21 heavy (non-hydrogen) atoms. The van der Waals surface area contributed by atoms with Crippen molar-refractivity contribution in [1.82, 2.24) is 0 Å². The average molecular weight is 298 g/mol. The van der Waals surface area contributed by atoms with Crippen LogP contribution < -0.4 is 10.6 Å². The molecule has 2 aromatic carbocycles. The molecule has 0 aliphatic carbocycles. The van der Waals surface area contributed by atoms with Gasteiger partial charge in [0.2, 0.25) is 0 Å². The molecule has 0 aliphatic rings. The highest BCUT2D eigenvalue weighted by Crippen LogP contribution is 2.33. The van der Waals surface area contributed by atoms with Crippen molar-refractivity contribution in [2.45, 2.75) is 6.92 Å². The van der Waals surface area contributed by atoms with Crippen LogP contribution in [0.15, 0.2) is 72.8 Å². The Kier molecular flexibility index (Phi) is 6.18. The standard InChI is InChI=1S/C18H19O2P/c1-16(19)20-14-8-9-15-21(17-10-4-2-5-11-17)18-12-6-3-7-13-18/h2-13H,14-15H2,1H3/b9-8+. The Labute approximate surface area is 127 Å². The number of carbonyl (C=O) groups is 1. The minimum atomic E-state index is -0.410. The quantitative estimate of drug-likeness (QED) is 0.465. The molecule has 0 aliphatic heterocycles. The lowest BCUT2D eigenvalue weighted by atomic mass is 10.4. The van der Waals surface area contributed by atoms with Gasteiger partial charge in [-0.25, -0.2) is 0 Å². The van der Waals surface area contributed by atoms with Gasteiger partial charge in [0.05, 0.1) is 0 Å². The molecular weight excluding hydrogens is 279 g/mol. The maximum atomic E-state index is 10.7. The largest absolute Gasteiger partial charge is 0.462 e. The number of carbonyl (C=O) groups excluding carboxylic acids is 1. The lowest BCUT2D eigenvalue weighted by molar-refractivity contribution is -0.139. The summed E-state index contributed by atoms with van der Waals surface area (Å²) in [7, 11) is -0.410. The first-order valence-corrected chi connectivity index (χ1v) is 8.46. The molecule has 0 atom stereocenters. The third-order valence-electron chi connectivity index (χ3n) is 2.97. The van der Waals surface area contributed by atoms with Crippen LogP contribution in [0.3, 0.4) is 0 Å². The van der Waals surface area contributed by atoms with Crippen LogP contribution in [0.2, 0.25) is 0 Å². The molecule has 0 amide bonds. The molecule has 0 saturated heterocycles. The number of benzene rings is 2. The van der Waals surface area contributed by atoms with Gasteiger partial charge in [0.15, 0.2) is 0 Å². The summed E-state index contributed by atoms with van der Waals surface area (Å²) in [5.41, 5.74) is 0. The minimum absolute atomic E-state index is 0.243. The Bertz CT molecular complexity index is 539. The second kappa shape index (κ2) is 8.39. The van der Waals surface area contributed by atoms with E-state index < -0.39 is 7.92 Å². The second-order valence-corrected chi connectivity index (χ2v) is 6.81. The summed E-state index contributed by atoms with van der Waals surface area (Å²) < 4.78 is 4.92. The molecule has 0 saturated carbocycles. The van der Waals surface area contributed by atoms with Gasteiger partial charge in [0, 0.05) is 6.92 Å². The van der Waals surface area contributed by atoms with Crippen molar-refractivity contribution in [3.8, 4) is 0 Å². The monoisotopic (exact) mass is 298 g/mol. The smallest absolute Gasteiger partial charge is 0.302 e. The lowest BCUT2D eigenvalue weighted by Crippen LogP contribution is -2.13. The highest BCUT2D eigenvalue weighted by molar-refractivity contribution is 7.73. The van der Waals surface area contributed by atoms with E-state index in [1.807, 2.05) is 18.2 Å². The van der Waals surface area contributed by atoms with Crippen LogP contribution in [-0.2, 0) is 9.53 Å². The number of hydrogen-bond donors (Lipinski definition) is 0. The summed E-state index contributed by atoms with van der Waals surface area (Å²) >= 11 is 0. The van der Waals surface area contributed by atoms with Gasteiger partial charge in [-0.05, 0) is 24.7 Å². The maximum absolute atomic E-state index is 10.7. The van der Waals surface area contributed by atoms with E-state index in [2.05, 4.69) is 54.6 Å². The molecule has 3 heteroatoms. The van der Waals surface area contributed by atoms with E-state index in [4.69, 9.17) is 4.74 Å². The highest BCUT2D eigenvalue weighted by Gasteiger charge is 2.11. The molecule has 0 unspecified atom stereocenters. The fourth-order valence-electron chi connectivity index (χ4n) is 1.99. The van der Waals surface area contributed by atoms with Gasteiger partial charge in [-0.2, -0.15) is 0 Å². The molecule has 108 valence electrons. The maximum Gasteiger partial charge on any atom is 0.302 e. The molecular formula is C18H19O2P. The second-order valence-electron chi connectivity index (χ2n) is 4.56. The first-order chi connectivity index (χ1) is 10.3. The average Bonchev–Trinajstić information content (AvgIpc) is 2.52. The van der Waals surface area contributed by atoms with Gasteiger partial charge in [0.25, 0.3) is 0 Å². The molecule has 0 N–H and O–H groups in total. The van der Waals surface area contributed by atoms with Crippen molar-refractivity contribution in [1.29, 1.82) is 0 Å². The fraction of sp³-hybridized carbons (Fsp3) is 0.167. The van der Waals surface area contributed by atoms with E-state index in [9.17, 15) is 4.79 Å². The van der Waals surface area contributed by atoms with Crippen molar-refractivity contribution in [2.24, 2.45) is 0 Å². The van der Waals surface area contributed by atoms with E-state index >= 15 is 0 Å². The summed E-state index contributed by atoms with van der Waals surface area (Å²) in [5, 5.41) is 2.71. The third kappa shape index (κ3) is 5.17. The van der Waals surface area contributed by atoms with Crippen LogP contribution in [0.1, 0.15) is 6.92 Å². The first-order valence-electron chi connectivity index (χ1n) is 6.93. The van der Waals surface area contributed by atoms with Crippen molar-refractivity contribution in [3.05, 3.63) is 72.8 Å². The van der Waals surface area contributed by atoms with Crippen LogP contribution in [0.5, 0.6) is 0 Å². The summed E-state index contributed by atoms with van der Waals surface area (Å²) in [6.07, 6.45) is 4.97. The number of hydrogen-bond acceptors (Lipinski definition) is 2. The Morgan fingerprint density at radius 1 is 0.952 bits per heavy atom. The fourth-order valence-corrected chi connectivity index (χ4v) is 4.13. The van der Waals surface area contributed by atoms with Gasteiger partial charge < -0.3 is 4.74 Å². The summed E-state index contributed by atoms with van der Waals surface area (Å²) in [6.45, 7) is 1.77. The summed E-state index contributed by atoms with van der Waals surface area (Å²) in [6, 6.07) is 21.1. The molecule has 2 aromatic rings. The topological polar surface area (TPSA) is 26.3 Å². The SMILES string of the molecule is CC(=O)OC/C=C/CP(c1ccccc1)c1ccccc1. The predicted octanol–water partition coefficient (Wildman–Crippen LogP) is 3.24. The summed E-state index contributed by atoms with van der Waals surface area (Å²) in [4.78, 5) is 10.7. The number of esters is 1. The first kappa shape index (κ1) is 15.5. The van der Waals surface area contributed by atoms with Crippen LogP contribution in [-0.4, -0.2) is 18.7 Å². The van der Waals surface area contributed by atoms with Crippen molar-refractivity contribution < 1.29 is 9.53 Å². The van der Waals surface area contributed by atoms with E-state index in [1.54, 1.807) is 0 Å². The van der Waals surface area contributed by atoms with Crippen molar-refractivity contribution in [3.63, 3.8) is 0 Å². The van der Waals surface area contributed by atoms with Crippen molar-refractivity contribution in [2.75, 3.05) is 12.8 Å². The van der Waals surface area contributed by atoms with Gasteiger partial charge in [0.1, 0.15) is 6.61 Å². The zero-order chi connectivity index (χ0) is 14.9. The molecule has 0 bridgehead atoms. The molecule has 0 fully saturated rings. The van der Waals surface area contributed by atoms with Gasteiger partial charge in [-0.1, -0.05) is 72.8 Å². The number of allylic oxidation sites excluding steroid dienone is 1. The lowest BCUT2D eigenvalue weighted by Gasteiger charge is -2.16. The number of rotatable bonds is 6. The molecule has 0 heterocycles. The molecule has 2 rings (SSSR count). The van der Waals surface area contributed by atoms with E-state index in [0.717, 1.165) is 6.16 Å². The highest BCUT2D eigenvalue weighted by atomic mass is 31.1. The van der Waals surface area contributed by atoms with E-state index in [0.29, 0.717) is 6.61 Å². The van der Waals surface area contributed by atoms with E-state index in [1.165, 1.54) is 17.5 Å². The van der Waals surface area contributed by atoms with E-state index in [-0.39, 0.29) is 5.97 Å². The normalized spacial score (nSPS) is 11.0. The zero-order valence-corrected chi connectivity index (χ0v) is 13.0.